The zero-order chi connectivity index (χ0) is 14.7. The van der Waals surface area contributed by atoms with E-state index in [9.17, 15) is 0 Å². The number of hydrogen-bond acceptors (Lipinski definition) is 3. The Morgan fingerprint density at radius 3 is 2.76 bits per heavy atom. The molecule has 1 aliphatic carbocycles. The van der Waals surface area contributed by atoms with Crippen LogP contribution in [-0.4, -0.2) is 39.3 Å². The van der Waals surface area contributed by atoms with E-state index in [0.29, 0.717) is 0 Å². The van der Waals surface area contributed by atoms with E-state index in [2.05, 4.69) is 53.4 Å². The lowest BCUT2D eigenvalue weighted by molar-refractivity contribution is 0.386. The third-order valence-electron chi connectivity index (χ3n) is 5.23. The van der Waals surface area contributed by atoms with Gasteiger partial charge in [-0.1, -0.05) is 25.5 Å². The van der Waals surface area contributed by atoms with Crippen LogP contribution in [0.1, 0.15) is 32.6 Å². The number of rotatable bonds is 5. The quantitative estimate of drug-likeness (QED) is 0.897. The molecule has 1 N–H and O–H groups in total. The monoisotopic (exact) mass is 287 g/mol. The summed E-state index contributed by atoms with van der Waals surface area (Å²) < 4.78 is 0. The van der Waals surface area contributed by atoms with Gasteiger partial charge in [0.05, 0.1) is 11.4 Å². The summed E-state index contributed by atoms with van der Waals surface area (Å²) in [6.07, 6.45) is 5.52. The molecule has 21 heavy (non-hydrogen) atoms. The number of anilines is 2. The number of likely N-dealkylation sites (N-methyl/N-ethyl adjacent to an activating group) is 1. The molecule has 0 saturated heterocycles. The molecule has 0 bridgehead atoms. The Bertz CT molecular complexity index is 460. The molecule has 2 unspecified atom stereocenters. The van der Waals surface area contributed by atoms with Gasteiger partial charge in [-0.3, -0.25) is 0 Å². The van der Waals surface area contributed by atoms with Gasteiger partial charge >= 0.3 is 0 Å². The molecule has 1 aromatic carbocycles. The van der Waals surface area contributed by atoms with Crippen LogP contribution in [0.4, 0.5) is 11.4 Å². The van der Waals surface area contributed by atoms with Crippen molar-refractivity contribution in [2.45, 2.75) is 38.6 Å². The summed E-state index contributed by atoms with van der Waals surface area (Å²) in [5, 5.41) is 3.68. The van der Waals surface area contributed by atoms with Gasteiger partial charge in [0.25, 0.3) is 0 Å². The zero-order valence-electron chi connectivity index (χ0n) is 13.5. The van der Waals surface area contributed by atoms with Crippen LogP contribution in [0.2, 0.25) is 0 Å². The molecule has 1 heterocycles. The van der Waals surface area contributed by atoms with Crippen LogP contribution >= 0.6 is 0 Å². The Labute approximate surface area is 129 Å². The topological polar surface area (TPSA) is 18.5 Å². The van der Waals surface area contributed by atoms with Gasteiger partial charge < -0.3 is 15.1 Å². The van der Waals surface area contributed by atoms with Crippen molar-refractivity contribution in [3.05, 3.63) is 24.3 Å². The highest BCUT2D eigenvalue weighted by molar-refractivity contribution is 5.73. The molecule has 116 valence electrons. The molecule has 1 saturated carbocycles. The first-order valence-corrected chi connectivity index (χ1v) is 8.58. The fourth-order valence-electron chi connectivity index (χ4n) is 4.03. The summed E-state index contributed by atoms with van der Waals surface area (Å²) in [6.45, 7) is 6.84. The molecule has 2 aliphatic rings. The minimum atomic E-state index is 0.762. The maximum atomic E-state index is 3.68. The zero-order valence-corrected chi connectivity index (χ0v) is 13.5. The van der Waals surface area contributed by atoms with Gasteiger partial charge in [0.1, 0.15) is 0 Å². The van der Waals surface area contributed by atoms with Gasteiger partial charge in [-0.2, -0.15) is 0 Å². The standard InChI is InChI=1S/C18H29N3/c1-3-19-16-8-6-7-15(16)11-12-21-14-13-20(2)17-9-4-5-10-18(17)21/h4-5,9-10,15-16,19H,3,6-8,11-14H2,1-2H3. The minimum absolute atomic E-state index is 0.762. The van der Waals surface area contributed by atoms with E-state index in [1.54, 1.807) is 0 Å². The average Bonchev–Trinajstić information content (AvgIpc) is 2.95. The van der Waals surface area contributed by atoms with Crippen molar-refractivity contribution in [1.82, 2.24) is 5.32 Å². The highest BCUT2D eigenvalue weighted by Gasteiger charge is 2.27. The van der Waals surface area contributed by atoms with Crippen LogP contribution in [0.15, 0.2) is 24.3 Å². The van der Waals surface area contributed by atoms with Gasteiger partial charge in [0.15, 0.2) is 0 Å². The van der Waals surface area contributed by atoms with Crippen LogP contribution in [0.3, 0.4) is 0 Å². The number of benzene rings is 1. The normalized spacial score (nSPS) is 25.2. The van der Waals surface area contributed by atoms with Crippen LogP contribution in [0, 0.1) is 5.92 Å². The van der Waals surface area contributed by atoms with Gasteiger partial charge in [-0.05, 0) is 43.9 Å². The summed E-state index contributed by atoms with van der Waals surface area (Å²) in [7, 11) is 2.20. The molecular formula is C18H29N3. The highest BCUT2D eigenvalue weighted by atomic mass is 15.2. The lowest BCUT2D eigenvalue weighted by Crippen LogP contribution is -2.41. The lowest BCUT2D eigenvalue weighted by Gasteiger charge is -2.37. The molecule has 0 amide bonds. The maximum absolute atomic E-state index is 3.68. The van der Waals surface area contributed by atoms with Crippen molar-refractivity contribution in [3.63, 3.8) is 0 Å². The molecule has 3 rings (SSSR count). The molecular weight excluding hydrogens is 258 g/mol. The number of hydrogen-bond donors (Lipinski definition) is 1. The summed E-state index contributed by atoms with van der Waals surface area (Å²) in [4.78, 5) is 4.97. The second kappa shape index (κ2) is 6.69. The second-order valence-electron chi connectivity index (χ2n) is 6.54. The molecule has 3 nitrogen and oxygen atoms in total. The second-order valence-corrected chi connectivity index (χ2v) is 6.54. The first kappa shape index (κ1) is 14.7. The molecule has 1 fully saturated rings. The number of para-hydroxylation sites is 2. The fourth-order valence-corrected chi connectivity index (χ4v) is 4.03. The smallest absolute Gasteiger partial charge is 0.0604 e. The van der Waals surface area contributed by atoms with Crippen molar-refractivity contribution in [2.75, 3.05) is 43.0 Å². The van der Waals surface area contributed by atoms with E-state index in [1.807, 2.05) is 0 Å². The Morgan fingerprint density at radius 2 is 1.95 bits per heavy atom. The van der Waals surface area contributed by atoms with E-state index in [1.165, 1.54) is 43.6 Å². The van der Waals surface area contributed by atoms with Crippen LogP contribution < -0.4 is 15.1 Å². The van der Waals surface area contributed by atoms with Gasteiger partial charge in [-0.25, -0.2) is 0 Å². The van der Waals surface area contributed by atoms with Gasteiger partial charge in [0.2, 0.25) is 0 Å². The van der Waals surface area contributed by atoms with Crippen LogP contribution in [0.25, 0.3) is 0 Å². The molecule has 0 spiro atoms. The third-order valence-corrected chi connectivity index (χ3v) is 5.23. The molecule has 0 aromatic heterocycles. The lowest BCUT2D eigenvalue weighted by atomic mass is 9.98. The van der Waals surface area contributed by atoms with Crippen LogP contribution in [0.5, 0.6) is 0 Å². The number of fused-ring (bicyclic) bond motifs is 1. The number of nitrogens with one attached hydrogen (secondary N) is 1. The predicted octanol–water partition coefficient (Wildman–Crippen LogP) is 3.11. The van der Waals surface area contributed by atoms with Crippen LogP contribution in [-0.2, 0) is 0 Å². The van der Waals surface area contributed by atoms with Crippen molar-refractivity contribution in [2.24, 2.45) is 5.92 Å². The summed E-state index contributed by atoms with van der Waals surface area (Å²) >= 11 is 0. The number of nitrogens with zero attached hydrogens (tertiary/aromatic N) is 2. The summed E-state index contributed by atoms with van der Waals surface area (Å²) in [5.74, 6) is 0.872. The van der Waals surface area contributed by atoms with E-state index >= 15 is 0 Å². The van der Waals surface area contributed by atoms with E-state index in [0.717, 1.165) is 31.6 Å². The SMILES string of the molecule is CCNC1CCCC1CCN1CCN(C)c2ccccc21. The fraction of sp³-hybridized carbons (Fsp3) is 0.667. The Kier molecular flexibility index (Phi) is 4.69. The predicted molar refractivity (Wildman–Crippen MR) is 91.3 cm³/mol. The first-order valence-electron chi connectivity index (χ1n) is 8.58. The Balaban J connectivity index is 1.62. The largest absolute Gasteiger partial charge is 0.371 e. The van der Waals surface area contributed by atoms with E-state index in [4.69, 9.17) is 0 Å². The first-order chi connectivity index (χ1) is 10.3. The van der Waals surface area contributed by atoms with Gasteiger partial charge in [-0.15, -0.1) is 0 Å². The highest BCUT2D eigenvalue weighted by Crippen LogP contribution is 2.34. The van der Waals surface area contributed by atoms with E-state index < -0.39 is 0 Å². The van der Waals surface area contributed by atoms with Crippen molar-refractivity contribution in [3.8, 4) is 0 Å². The molecule has 1 aromatic rings. The van der Waals surface area contributed by atoms with Gasteiger partial charge in [0, 0.05) is 32.7 Å². The molecule has 0 radical (unpaired) electrons. The Hall–Kier alpha value is -1.22. The third kappa shape index (κ3) is 3.18. The minimum Gasteiger partial charge on any atom is -0.371 e. The molecule has 2 atom stereocenters. The summed E-state index contributed by atoms with van der Waals surface area (Å²) in [5.41, 5.74) is 2.81. The molecule has 1 aliphatic heterocycles. The maximum Gasteiger partial charge on any atom is 0.0604 e. The average molecular weight is 287 g/mol. The van der Waals surface area contributed by atoms with Crippen molar-refractivity contribution in [1.29, 1.82) is 0 Å². The Morgan fingerprint density at radius 1 is 1.14 bits per heavy atom. The van der Waals surface area contributed by atoms with Crippen molar-refractivity contribution < 1.29 is 0 Å². The summed E-state index contributed by atoms with van der Waals surface area (Å²) in [6, 6.07) is 9.61. The van der Waals surface area contributed by atoms with Crippen molar-refractivity contribution >= 4 is 11.4 Å². The van der Waals surface area contributed by atoms with E-state index in [-0.39, 0.29) is 0 Å². The molecule has 3 heteroatoms.